The fourth-order valence-corrected chi connectivity index (χ4v) is 1.49. The van der Waals surface area contributed by atoms with Gasteiger partial charge in [0.1, 0.15) is 0 Å². The second kappa shape index (κ2) is 5.91. The van der Waals surface area contributed by atoms with E-state index in [1.807, 2.05) is 0 Å². The molecule has 0 aliphatic heterocycles. The summed E-state index contributed by atoms with van der Waals surface area (Å²) in [5.74, 6) is -1.58. The minimum atomic E-state index is -0.689. The van der Waals surface area contributed by atoms with Crippen LogP contribution >= 0.6 is 15.9 Å². The van der Waals surface area contributed by atoms with E-state index in [1.165, 1.54) is 18.2 Å². The van der Waals surface area contributed by atoms with Gasteiger partial charge >= 0.3 is 0 Å². The molecule has 0 aliphatic rings. The Kier molecular flexibility index (Phi) is 4.81. The summed E-state index contributed by atoms with van der Waals surface area (Å²) in [5, 5.41) is 2.49. The molecule has 5 heteroatoms. The predicted molar refractivity (Wildman–Crippen MR) is 68.0 cm³/mol. The first-order valence-corrected chi connectivity index (χ1v) is 6.28. The van der Waals surface area contributed by atoms with Crippen LogP contribution in [0.25, 0.3) is 0 Å². The van der Waals surface area contributed by atoms with Crippen LogP contribution in [0.1, 0.15) is 24.2 Å². The standard InChI is InChI=1S/C12H13BrFNO2/c1-7(2)12(17)15-9-5-3-4-8(11(9)14)10(16)6-13/h3-5,7H,6H2,1-2H3,(H,15,17). The van der Waals surface area contributed by atoms with E-state index in [-0.39, 0.29) is 34.2 Å². The molecule has 17 heavy (non-hydrogen) atoms. The van der Waals surface area contributed by atoms with Crippen molar-refractivity contribution in [2.75, 3.05) is 10.6 Å². The summed E-state index contributed by atoms with van der Waals surface area (Å²) in [6.07, 6.45) is 0. The molecule has 1 amide bonds. The first-order chi connectivity index (χ1) is 7.97. The van der Waals surface area contributed by atoms with Crippen molar-refractivity contribution in [2.24, 2.45) is 5.92 Å². The molecular weight excluding hydrogens is 289 g/mol. The summed E-state index contributed by atoms with van der Waals surface area (Å²) in [4.78, 5) is 22.8. The van der Waals surface area contributed by atoms with Gasteiger partial charge in [0, 0.05) is 5.92 Å². The first-order valence-electron chi connectivity index (χ1n) is 5.16. The fourth-order valence-electron chi connectivity index (χ4n) is 1.19. The van der Waals surface area contributed by atoms with Gasteiger partial charge in [-0.15, -0.1) is 0 Å². The van der Waals surface area contributed by atoms with Crippen LogP contribution in [0.2, 0.25) is 0 Å². The zero-order valence-corrected chi connectivity index (χ0v) is 11.2. The van der Waals surface area contributed by atoms with E-state index in [0.29, 0.717) is 0 Å². The molecule has 92 valence electrons. The van der Waals surface area contributed by atoms with Crippen molar-refractivity contribution >= 4 is 33.3 Å². The van der Waals surface area contributed by atoms with Gasteiger partial charge < -0.3 is 5.32 Å². The monoisotopic (exact) mass is 301 g/mol. The Bertz CT molecular complexity index is 446. The number of carbonyl (C=O) groups excluding carboxylic acids is 2. The highest BCUT2D eigenvalue weighted by Gasteiger charge is 2.16. The lowest BCUT2D eigenvalue weighted by atomic mass is 10.1. The molecule has 1 aromatic carbocycles. The highest BCUT2D eigenvalue weighted by Crippen LogP contribution is 2.19. The number of ketones is 1. The Morgan fingerprint density at radius 1 is 1.41 bits per heavy atom. The van der Waals surface area contributed by atoms with E-state index in [9.17, 15) is 14.0 Å². The van der Waals surface area contributed by atoms with Gasteiger partial charge in [-0.25, -0.2) is 4.39 Å². The average molecular weight is 302 g/mol. The second-order valence-electron chi connectivity index (χ2n) is 3.87. The highest BCUT2D eigenvalue weighted by molar-refractivity contribution is 9.09. The van der Waals surface area contributed by atoms with Crippen LogP contribution < -0.4 is 5.32 Å². The molecule has 1 aromatic rings. The summed E-state index contributed by atoms with van der Waals surface area (Å²) in [6, 6.07) is 4.36. The molecule has 0 saturated heterocycles. The third kappa shape index (κ3) is 3.36. The van der Waals surface area contributed by atoms with Crippen LogP contribution in [-0.4, -0.2) is 17.0 Å². The van der Waals surface area contributed by atoms with Crippen molar-refractivity contribution < 1.29 is 14.0 Å². The number of hydrogen-bond acceptors (Lipinski definition) is 2. The van der Waals surface area contributed by atoms with Gasteiger partial charge in [0.2, 0.25) is 5.91 Å². The minimum absolute atomic E-state index is 0.0246. The molecule has 0 fully saturated rings. The SMILES string of the molecule is CC(C)C(=O)Nc1cccc(C(=O)CBr)c1F. The average Bonchev–Trinajstić information content (AvgIpc) is 2.30. The quantitative estimate of drug-likeness (QED) is 0.686. The van der Waals surface area contributed by atoms with Crippen molar-refractivity contribution in [1.29, 1.82) is 0 Å². The Morgan fingerprint density at radius 3 is 2.59 bits per heavy atom. The third-order valence-electron chi connectivity index (χ3n) is 2.20. The molecule has 0 saturated carbocycles. The largest absolute Gasteiger partial charge is 0.323 e. The van der Waals surface area contributed by atoms with Crippen molar-refractivity contribution in [1.82, 2.24) is 0 Å². The van der Waals surface area contributed by atoms with Crippen LogP contribution in [0.4, 0.5) is 10.1 Å². The van der Waals surface area contributed by atoms with E-state index in [0.717, 1.165) is 0 Å². The van der Waals surface area contributed by atoms with Crippen LogP contribution in [0.15, 0.2) is 18.2 Å². The number of halogens is 2. The molecule has 3 nitrogen and oxygen atoms in total. The van der Waals surface area contributed by atoms with Crippen molar-refractivity contribution in [3.63, 3.8) is 0 Å². The van der Waals surface area contributed by atoms with Crippen molar-refractivity contribution in [3.05, 3.63) is 29.6 Å². The van der Waals surface area contributed by atoms with Gasteiger partial charge in [0.05, 0.1) is 16.6 Å². The molecule has 0 atom stereocenters. The third-order valence-corrected chi connectivity index (χ3v) is 2.71. The second-order valence-corrected chi connectivity index (χ2v) is 4.43. The van der Waals surface area contributed by atoms with Crippen LogP contribution in [-0.2, 0) is 4.79 Å². The lowest BCUT2D eigenvalue weighted by Crippen LogP contribution is -2.19. The summed E-state index contributed by atoms with van der Waals surface area (Å²) in [5.41, 5.74) is 0.0129. The Balaban J connectivity index is 3.02. The summed E-state index contributed by atoms with van der Waals surface area (Å²) in [6.45, 7) is 3.42. The van der Waals surface area contributed by atoms with E-state index in [2.05, 4.69) is 21.2 Å². The molecule has 0 spiro atoms. The number of Topliss-reactive ketones (excluding diaryl/α,β-unsaturated/α-hetero) is 1. The maximum atomic E-state index is 13.9. The van der Waals surface area contributed by atoms with E-state index < -0.39 is 5.82 Å². The molecule has 0 heterocycles. The molecule has 0 bridgehead atoms. The minimum Gasteiger partial charge on any atom is -0.323 e. The van der Waals surface area contributed by atoms with Gasteiger partial charge in [-0.05, 0) is 12.1 Å². The Labute approximate surface area is 108 Å². The number of rotatable bonds is 4. The van der Waals surface area contributed by atoms with Gasteiger partial charge in [0.25, 0.3) is 0 Å². The Morgan fingerprint density at radius 2 is 2.06 bits per heavy atom. The van der Waals surface area contributed by atoms with Gasteiger partial charge in [-0.1, -0.05) is 35.8 Å². The molecule has 0 unspecified atom stereocenters. The summed E-state index contributed by atoms with van der Waals surface area (Å²) in [7, 11) is 0. The topological polar surface area (TPSA) is 46.2 Å². The lowest BCUT2D eigenvalue weighted by Gasteiger charge is -2.10. The number of anilines is 1. The number of carbonyl (C=O) groups is 2. The number of nitrogens with one attached hydrogen (secondary N) is 1. The molecule has 1 N–H and O–H groups in total. The van der Waals surface area contributed by atoms with Crippen molar-refractivity contribution in [2.45, 2.75) is 13.8 Å². The zero-order valence-electron chi connectivity index (χ0n) is 9.59. The zero-order chi connectivity index (χ0) is 13.0. The fraction of sp³-hybridized carbons (Fsp3) is 0.333. The van der Waals surface area contributed by atoms with Gasteiger partial charge in [0.15, 0.2) is 11.6 Å². The van der Waals surface area contributed by atoms with Crippen LogP contribution in [0, 0.1) is 11.7 Å². The van der Waals surface area contributed by atoms with E-state index in [1.54, 1.807) is 13.8 Å². The number of benzene rings is 1. The molecule has 1 rings (SSSR count). The van der Waals surface area contributed by atoms with E-state index >= 15 is 0 Å². The van der Waals surface area contributed by atoms with Crippen molar-refractivity contribution in [3.8, 4) is 0 Å². The maximum absolute atomic E-state index is 13.9. The number of alkyl halides is 1. The first kappa shape index (κ1) is 13.8. The maximum Gasteiger partial charge on any atom is 0.227 e. The molecule has 0 radical (unpaired) electrons. The highest BCUT2D eigenvalue weighted by atomic mass is 79.9. The Hall–Kier alpha value is -1.23. The molecule has 0 aromatic heterocycles. The van der Waals surface area contributed by atoms with E-state index in [4.69, 9.17) is 0 Å². The predicted octanol–water partition coefficient (Wildman–Crippen LogP) is 3.00. The number of hydrogen-bond donors (Lipinski definition) is 1. The molecular formula is C12H13BrFNO2. The van der Waals surface area contributed by atoms with Gasteiger partial charge in [-0.2, -0.15) is 0 Å². The summed E-state index contributed by atoms with van der Waals surface area (Å²) >= 11 is 2.98. The normalized spacial score (nSPS) is 10.4. The molecule has 0 aliphatic carbocycles. The number of amides is 1. The summed E-state index contributed by atoms with van der Waals surface area (Å²) < 4.78 is 13.9. The van der Waals surface area contributed by atoms with Crippen LogP contribution in [0.3, 0.4) is 0 Å². The smallest absolute Gasteiger partial charge is 0.227 e. The van der Waals surface area contributed by atoms with Crippen LogP contribution in [0.5, 0.6) is 0 Å². The van der Waals surface area contributed by atoms with Gasteiger partial charge in [-0.3, -0.25) is 9.59 Å². The lowest BCUT2D eigenvalue weighted by molar-refractivity contribution is -0.118.